The van der Waals surface area contributed by atoms with Crippen molar-refractivity contribution >= 4 is 76.1 Å². The molecule has 3 fully saturated rings. The Morgan fingerprint density at radius 2 is 1.52 bits per heavy atom. The van der Waals surface area contributed by atoms with E-state index in [0.717, 1.165) is 36.6 Å². The van der Waals surface area contributed by atoms with Gasteiger partial charge in [-0.15, -0.1) is 0 Å². The topological polar surface area (TPSA) is 502 Å². The first-order chi connectivity index (χ1) is 35.2. The fourth-order valence-corrected chi connectivity index (χ4v) is 14.5. The Kier molecular flexibility index (Phi) is 16.9. The SMILES string of the molecule is COCC[C@H]1[C@@H](O)[C@H]([n+]2cn(C)c3c(=O)[nH]c(N)nc32)O[C@@H]1COP(=O)(O)OP(O)(=S)OP(=O)(O)OC[C@H]1O[C@@H](n2cnc3c(N)ncnc32)[C@H](OC)[C@@H]1OP(=O)([O-])OC[C@H]1O[C@@H](n2ccc(=O)[nH]c2=O)[C@H](O)[C@@H]1O. The number of ether oxygens (including phenoxy) is 5. The number of aliphatic hydroxyl groups excluding tert-OH is 3. The Morgan fingerprint density at radius 3 is 2.19 bits per heavy atom. The number of phosphoric acid groups is 3. The van der Waals surface area contributed by atoms with E-state index in [4.69, 9.17) is 65.1 Å². The summed E-state index contributed by atoms with van der Waals surface area (Å²) in [6.07, 6.45) is -12.9. The van der Waals surface area contributed by atoms with Crippen LogP contribution in [0, 0.1) is 5.92 Å². The van der Waals surface area contributed by atoms with Crippen LogP contribution in [0.5, 0.6) is 0 Å². The van der Waals surface area contributed by atoms with Crippen LogP contribution in [0.2, 0.25) is 0 Å². The van der Waals surface area contributed by atoms with E-state index in [1.165, 1.54) is 34.2 Å². The van der Waals surface area contributed by atoms with E-state index in [1.807, 2.05) is 4.98 Å². The van der Waals surface area contributed by atoms with E-state index in [-0.39, 0.29) is 47.1 Å². The number of nitrogen functional groups attached to an aromatic ring is 2. The zero-order chi connectivity index (χ0) is 54.5. The van der Waals surface area contributed by atoms with Gasteiger partial charge in [0.15, 0.2) is 30.2 Å². The molecule has 41 heteroatoms. The van der Waals surface area contributed by atoms with E-state index in [0.29, 0.717) is 0 Å². The molecular weight excluding hydrogens is 1120 g/mol. The number of nitrogens with zero attached hydrogens (tertiary/aromatic N) is 8. The van der Waals surface area contributed by atoms with Gasteiger partial charge in [0, 0.05) is 39.0 Å². The van der Waals surface area contributed by atoms with Gasteiger partial charge in [0.1, 0.15) is 54.6 Å². The summed E-state index contributed by atoms with van der Waals surface area (Å²) in [5.74, 6) is -1.21. The number of hydrogen-bond acceptors (Lipinski definition) is 28. The third-order valence-corrected chi connectivity index (χ3v) is 18.2. The summed E-state index contributed by atoms with van der Waals surface area (Å²) in [7, 11) is -13.0. The van der Waals surface area contributed by atoms with Crippen LogP contribution in [-0.4, -0.2) is 163 Å². The molecule has 414 valence electrons. The lowest BCUT2D eigenvalue weighted by molar-refractivity contribution is -0.745. The van der Waals surface area contributed by atoms with Gasteiger partial charge in [-0.1, -0.05) is 4.98 Å². The van der Waals surface area contributed by atoms with Gasteiger partial charge in [0.2, 0.25) is 11.7 Å². The largest absolute Gasteiger partial charge is 0.756 e. The monoisotopic (exact) mass is 1160 g/mol. The molecule has 36 nitrogen and oxygen atoms in total. The molecule has 75 heavy (non-hydrogen) atoms. The molecule has 5 aromatic rings. The van der Waals surface area contributed by atoms with Crippen molar-refractivity contribution in [3.63, 3.8) is 0 Å². The summed E-state index contributed by atoms with van der Waals surface area (Å²) in [4.78, 5) is 103. The molecule has 8 rings (SSSR count). The number of H-pyrrole nitrogens is 2. The molecule has 3 saturated heterocycles. The van der Waals surface area contributed by atoms with Crippen molar-refractivity contribution in [2.45, 2.75) is 73.9 Å². The number of rotatable bonds is 22. The average molecular weight is 1160 g/mol. The minimum Gasteiger partial charge on any atom is -0.756 e. The van der Waals surface area contributed by atoms with Gasteiger partial charge in [-0.05, 0) is 18.2 Å². The maximum Gasteiger partial charge on any atom is 0.479 e. The van der Waals surface area contributed by atoms with Crippen LogP contribution in [-0.2, 0) is 83.0 Å². The number of aromatic nitrogens is 10. The lowest BCUT2D eigenvalue weighted by Crippen LogP contribution is -2.45. The Bertz CT molecular complexity index is 3290. The van der Waals surface area contributed by atoms with Crippen molar-refractivity contribution < 1.29 is 104 Å². The van der Waals surface area contributed by atoms with Gasteiger partial charge < -0.3 is 79.1 Å². The van der Waals surface area contributed by atoms with E-state index < -0.39 is 140 Å². The first-order valence-electron chi connectivity index (χ1n) is 21.6. The standard InChI is InChI=1S/C34H48N12O24P4S/c1-43-13-46(28-20(43)29(51)42-33(36)41-28)30-21(48)14(5-7-60-2)15(65-30)8-63-72(55,56)69-74(59,75)70-73(57,58)64-10-17-24(25(61-3)32(67-17)45-12-39-19-26(35)37-11-38-27(19)45)68-71(53,54)62-9-16-22(49)23(50)31(66-16)44-6-4-18(47)40-34(44)52/h4,6,11-17,21-25,30-32,48-50H,5,7-10H2,1-3H3,(H9-,35,36,37,38,40,41,42,47,51,52,53,54,55,56,57,58,59,75)/t14-,15-,16-,17-,21-,22-,23-,24-,25-,30-,31-,32-,74?/m1/s1. The van der Waals surface area contributed by atoms with Gasteiger partial charge in [-0.25, -0.2) is 42.1 Å². The number of phosphoric ester groups is 3. The first-order valence-corrected chi connectivity index (χ1v) is 28.6. The number of nitrogens with two attached hydrogens (primary N) is 2. The fraction of sp³-hybridized carbons (Fsp3) is 0.588. The van der Waals surface area contributed by atoms with Gasteiger partial charge in [-0.2, -0.15) is 0 Å². The van der Waals surface area contributed by atoms with Crippen molar-refractivity contribution in [1.82, 2.24) is 43.6 Å². The number of aryl methyl sites for hydroxylation is 1. The van der Waals surface area contributed by atoms with E-state index in [2.05, 4.69) is 33.5 Å². The predicted molar refractivity (Wildman–Crippen MR) is 246 cm³/mol. The lowest BCUT2D eigenvalue weighted by atomic mass is 9.95. The number of imidazole rings is 2. The highest BCUT2D eigenvalue weighted by molar-refractivity contribution is 8.09. The number of methoxy groups -OCH3 is 2. The van der Waals surface area contributed by atoms with Crippen molar-refractivity contribution in [3.8, 4) is 0 Å². The van der Waals surface area contributed by atoms with Crippen LogP contribution in [0.4, 0.5) is 11.8 Å². The van der Waals surface area contributed by atoms with Crippen LogP contribution in [0.25, 0.3) is 22.3 Å². The maximum absolute atomic E-state index is 13.5. The van der Waals surface area contributed by atoms with E-state index >= 15 is 0 Å². The van der Waals surface area contributed by atoms with E-state index in [1.54, 1.807) is 0 Å². The summed E-state index contributed by atoms with van der Waals surface area (Å²) < 4.78 is 103. The molecule has 4 unspecified atom stereocenters. The van der Waals surface area contributed by atoms with Crippen molar-refractivity contribution in [2.24, 2.45) is 13.0 Å². The molecule has 3 aliphatic rings. The molecule has 0 spiro atoms. The third kappa shape index (κ3) is 12.4. The number of nitrogens with one attached hydrogen (secondary N) is 2. The van der Waals surface area contributed by atoms with Crippen molar-refractivity contribution in [2.75, 3.05) is 52.1 Å². The highest BCUT2D eigenvalue weighted by atomic mass is 32.5. The molecule has 16 atom stereocenters. The zero-order valence-electron chi connectivity index (χ0n) is 38.8. The molecule has 8 heterocycles. The van der Waals surface area contributed by atoms with Crippen molar-refractivity contribution in [3.05, 3.63) is 62.4 Å². The Morgan fingerprint density at radius 1 is 0.853 bits per heavy atom. The van der Waals surface area contributed by atoms with E-state index in [9.17, 15) is 63.0 Å². The number of anilines is 2. The summed E-state index contributed by atoms with van der Waals surface area (Å²) in [6, 6.07) is 0.927. The van der Waals surface area contributed by atoms with Crippen molar-refractivity contribution in [1.29, 1.82) is 0 Å². The molecule has 12 N–H and O–H groups in total. The molecule has 0 radical (unpaired) electrons. The molecular formula is C34H48N12O24P4S. The lowest BCUT2D eigenvalue weighted by Gasteiger charge is -2.31. The van der Waals surface area contributed by atoms with Gasteiger partial charge in [0.25, 0.3) is 24.9 Å². The number of aromatic amines is 2. The van der Waals surface area contributed by atoms with Gasteiger partial charge in [0.05, 0.1) is 39.3 Å². The molecule has 5 aromatic heterocycles. The van der Waals surface area contributed by atoms with Crippen LogP contribution >= 0.6 is 30.2 Å². The summed E-state index contributed by atoms with van der Waals surface area (Å²) in [6.45, 7) is -8.38. The minimum atomic E-state index is -5.76. The minimum absolute atomic E-state index is 0.0165. The fourth-order valence-electron chi connectivity index (χ4n) is 8.48. The van der Waals surface area contributed by atoms with Gasteiger partial charge in [-0.3, -0.25) is 46.9 Å². The van der Waals surface area contributed by atoms with Crippen LogP contribution in [0.1, 0.15) is 25.1 Å². The number of aliphatic hydroxyl groups is 3. The van der Waals surface area contributed by atoms with Crippen LogP contribution in [0.3, 0.4) is 0 Å². The van der Waals surface area contributed by atoms with Crippen LogP contribution < -0.4 is 37.7 Å². The summed E-state index contributed by atoms with van der Waals surface area (Å²) >= 11 is 4.77. The third-order valence-electron chi connectivity index (χ3n) is 11.8. The molecule has 0 aromatic carbocycles. The highest BCUT2D eigenvalue weighted by Gasteiger charge is 2.52. The second-order valence-corrected chi connectivity index (χ2v) is 24.0. The average Bonchev–Trinajstić information content (AvgIpc) is 4.12. The van der Waals surface area contributed by atoms with Gasteiger partial charge >= 0.3 is 33.7 Å². The zero-order valence-corrected chi connectivity index (χ0v) is 43.2. The smallest absolute Gasteiger partial charge is 0.479 e. The predicted octanol–water partition coefficient (Wildman–Crippen LogP) is -4.10. The molecule has 0 saturated carbocycles. The first kappa shape index (κ1) is 57.0. The molecule has 0 bridgehead atoms. The second kappa shape index (κ2) is 22.3. The Labute approximate surface area is 423 Å². The Hall–Kier alpha value is -4.20. The quantitative estimate of drug-likeness (QED) is 0.0233. The molecule has 0 amide bonds. The van der Waals surface area contributed by atoms with Crippen LogP contribution in [0.15, 0.2) is 45.6 Å². The molecule has 0 aliphatic carbocycles. The number of hydrogen-bond donors (Lipinski definition) is 10. The summed E-state index contributed by atoms with van der Waals surface area (Å²) in [5, 5.41) is 32.7. The highest BCUT2D eigenvalue weighted by Crippen LogP contribution is 2.68. The number of fused-ring (bicyclic) bond motifs is 2. The summed E-state index contributed by atoms with van der Waals surface area (Å²) in [5.41, 5.74) is 9.45. The Balaban J connectivity index is 0.942. The maximum atomic E-state index is 13.5. The second-order valence-electron chi connectivity index (χ2n) is 16.6. The molecule has 3 aliphatic heterocycles. The normalized spacial score (nSPS) is 30.4.